The van der Waals surface area contributed by atoms with E-state index in [1.165, 1.54) is 23.8 Å². The molecular weight excluding hydrogens is 468 g/mol. The molecule has 1 aromatic heterocycles. The monoisotopic (exact) mass is 485 g/mol. The van der Waals surface area contributed by atoms with Gasteiger partial charge in [-0.3, -0.25) is 9.29 Å². The lowest BCUT2D eigenvalue weighted by molar-refractivity contribution is -0.147. The molecule has 0 aliphatic carbocycles. The molecule has 176 valence electrons. The number of nitrogens with zero attached hydrogens (tertiary/aromatic N) is 6. The molecule has 0 saturated carbocycles. The SMILES string of the molecule is CCn1c(N=Nc2cc3c(cc2NS(=O)(=O)C(F)(F)F)N(C)CCC3)nnc1C(F)(F)F. The van der Waals surface area contributed by atoms with Gasteiger partial charge >= 0.3 is 21.7 Å². The number of sulfonamides is 1. The summed E-state index contributed by atoms with van der Waals surface area (Å²) in [5, 5.41) is 13.6. The van der Waals surface area contributed by atoms with Crippen molar-refractivity contribution in [1.29, 1.82) is 0 Å². The van der Waals surface area contributed by atoms with E-state index in [4.69, 9.17) is 0 Å². The van der Waals surface area contributed by atoms with Crippen LogP contribution in [0.3, 0.4) is 0 Å². The van der Waals surface area contributed by atoms with E-state index >= 15 is 0 Å². The van der Waals surface area contributed by atoms with Crippen molar-refractivity contribution in [3.8, 4) is 0 Å². The van der Waals surface area contributed by atoms with Gasteiger partial charge in [-0.25, -0.2) is 0 Å². The van der Waals surface area contributed by atoms with Gasteiger partial charge in [0.2, 0.25) is 5.82 Å². The number of anilines is 2. The van der Waals surface area contributed by atoms with Crippen molar-refractivity contribution in [1.82, 2.24) is 14.8 Å². The number of fused-ring (bicyclic) bond motifs is 1. The molecule has 2 heterocycles. The van der Waals surface area contributed by atoms with E-state index in [1.54, 1.807) is 11.9 Å². The number of hydrogen-bond acceptors (Lipinski definition) is 7. The predicted molar refractivity (Wildman–Crippen MR) is 102 cm³/mol. The first-order valence-corrected chi connectivity index (χ1v) is 10.6. The molecule has 1 aromatic carbocycles. The van der Waals surface area contributed by atoms with Gasteiger partial charge in [-0.2, -0.15) is 34.8 Å². The molecule has 3 rings (SSSR count). The van der Waals surface area contributed by atoms with E-state index in [0.29, 0.717) is 28.8 Å². The summed E-state index contributed by atoms with van der Waals surface area (Å²) in [4.78, 5) is 1.73. The standard InChI is InChI=1S/C16H17F6N7O2S/c1-3-29-13(15(17,18)19)24-26-14(29)25-23-10-7-9-5-4-6-28(2)12(9)8-11(10)27-32(30,31)16(20,21)22/h7-8,27H,3-6H2,1-2H3. The molecule has 32 heavy (non-hydrogen) atoms. The maximum atomic E-state index is 13.0. The van der Waals surface area contributed by atoms with Crippen molar-refractivity contribution >= 4 is 33.0 Å². The van der Waals surface area contributed by atoms with Crippen molar-refractivity contribution in [2.75, 3.05) is 23.2 Å². The number of alkyl halides is 6. The van der Waals surface area contributed by atoms with Gasteiger partial charge in [0.15, 0.2) is 0 Å². The summed E-state index contributed by atoms with van der Waals surface area (Å²) in [5.74, 6) is -1.86. The summed E-state index contributed by atoms with van der Waals surface area (Å²) >= 11 is 0. The summed E-state index contributed by atoms with van der Waals surface area (Å²) < 4.78 is 103. The highest BCUT2D eigenvalue weighted by Gasteiger charge is 2.46. The first-order chi connectivity index (χ1) is 14.7. The molecule has 0 unspecified atom stereocenters. The van der Waals surface area contributed by atoms with E-state index in [-0.39, 0.29) is 12.2 Å². The van der Waals surface area contributed by atoms with Crippen molar-refractivity contribution in [2.45, 2.75) is 38.0 Å². The van der Waals surface area contributed by atoms with Crippen molar-refractivity contribution in [3.63, 3.8) is 0 Å². The van der Waals surface area contributed by atoms with E-state index < -0.39 is 39.2 Å². The normalized spacial score (nSPS) is 15.3. The number of rotatable bonds is 5. The van der Waals surface area contributed by atoms with Crippen LogP contribution in [0.1, 0.15) is 24.7 Å². The zero-order chi connectivity index (χ0) is 23.9. The second kappa shape index (κ2) is 8.22. The minimum Gasteiger partial charge on any atom is -0.374 e. The van der Waals surface area contributed by atoms with Gasteiger partial charge < -0.3 is 4.90 Å². The molecule has 0 saturated heterocycles. The molecule has 1 aliphatic heterocycles. The minimum absolute atomic E-state index is 0.210. The summed E-state index contributed by atoms with van der Waals surface area (Å²) in [6, 6.07) is 2.51. The van der Waals surface area contributed by atoms with Crippen LogP contribution >= 0.6 is 0 Å². The Labute approximate surface area is 178 Å². The van der Waals surface area contributed by atoms with Crippen LogP contribution in [0.4, 0.5) is 49.4 Å². The Balaban J connectivity index is 2.09. The molecular formula is C16H17F6N7O2S. The summed E-state index contributed by atoms with van der Waals surface area (Å²) in [7, 11) is -4.10. The second-order valence-electron chi connectivity index (χ2n) is 6.84. The maximum absolute atomic E-state index is 13.0. The third-order valence-corrected chi connectivity index (χ3v) is 5.74. The molecule has 1 aliphatic rings. The smallest absolute Gasteiger partial charge is 0.374 e. The Morgan fingerprint density at radius 1 is 1.12 bits per heavy atom. The van der Waals surface area contributed by atoms with Crippen molar-refractivity contribution in [3.05, 3.63) is 23.5 Å². The zero-order valence-electron chi connectivity index (χ0n) is 16.7. The third kappa shape index (κ3) is 4.63. The average Bonchev–Trinajstić information content (AvgIpc) is 3.09. The predicted octanol–water partition coefficient (Wildman–Crippen LogP) is 4.38. The van der Waals surface area contributed by atoms with Gasteiger partial charge in [-0.15, -0.1) is 20.4 Å². The molecule has 0 amide bonds. The molecule has 0 spiro atoms. The first-order valence-electron chi connectivity index (χ1n) is 9.14. The van der Waals surface area contributed by atoms with E-state index in [9.17, 15) is 34.8 Å². The number of aryl methyl sites for hydroxylation is 1. The topological polar surface area (TPSA) is 105 Å². The minimum atomic E-state index is -5.78. The van der Waals surface area contributed by atoms with E-state index in [1.807, 2.05) is 0 Å². The Morgan fingerprint density at radius 2 is 1.81 bits per heavy atom. The molecule has 1 N–H and O–H groups in total. The van der Waals surface area contributed by atoms with Gasteiger partial charge in [0.1, 0.15) is 5.69 Å². The number of benzene rings is 1. The summed E-state index contributed by atoms with van der Waals surface area (Å²) in [6.07, 6.45) is -3.54. The number of nitrogens with one attached hydrogen (secondary N) is 1. The Morgan fingerprint density at radius 3 is 2.41 bits per heavy atom. The van der Waals surface area contributed by atoms with Gasteiger partial charge in [0.25, 0.3) is 5.95 Å². The van der Waals surface area contributed by atoms with Crippen LogP contribution in [0, 0.1) is 0 Å². The van der Waals surface area contributed by atoms with Crippen LogP contribution in [-0.4, -0.2) is 42.3 Å². The highest BCUT2D eigenvalue weighted by atomic mass is 32.2. The number of hydrogen-bond donors (Lipinski definition) is 1. The fraction of sp³-hybridized carbons (Fsp3) is 0.500. The van der Waals surface area contributed by atoms with Crippen LogP contribution in [0.2, 0.25) is 0 Å². The lowest BCUT2D eigenvalue weighted by atomic mass is 10.0. The summed E-state index contributed by atoms with van der Waals surface area (Å²) in [6.45, 7) is 1.77. The molecule has 9 nitrogen and oxygen atoms in total. The maximum Gasteiger partial charge on any atom is 0.516 e. The van der Waals surface area contributed by atoms with E-state index in [2.05, 4.69) is 20.4 Å². The summed E-state index contributed by atoms with van der Waals surface area (Å²) in [5.41, 5.74) is -5.28. The quantitative estimate of drug-likeness (QED) is 0.500. The molecule has 0 atom stereocenters. The van der Waals surface area contributed by atoms with Gasteiger partial charge in [0.05, 0.1) is 5.69 Å². The van der Waals surface area contributed by atoms with Crippen LogP contribution in [0.25, 0.3) is 0 Å². The van der Waals surface area contributed by atoms with Crippen molar-refractivity contribution in [2.24, 2.45) is 10.2 Å². The second-order valence-corrected chi connectivity index (χ2v) is 8.51. The van der Waals surface area contributed by atoms with Gasteiger partial charge in [0, 0.05) is 25.8 Å². The van der Waals surface area contributed by atoms with Crippen LogP contribution in [0.5, 0.6) is 0 Å². The number of azo groups is 1. The molecule has 0 fully saturated rings. The molecule has 2 aromatic rings. The zero-order valence-corrected chi connectivity index (χ0v) is 17.5. The highest BCUT2D eigenvalue weighted by Crippen LogP contribution is 2.39. The largest absolute Gasteiger partial charge is 0.516 e. The van der Waals surface area contributed by atoms with Crippen molar-refractivity contribution < 1.29 is 34.8 Å². The Kier molecular flexibility index (Phi) is 6.10. The fourth-order valence-electron chi connectivity index (χ4n) is 3.14. The van der Waals surface area contributed by atoms with Gasteiger partial charge in [-0.05, 0) is 37.5 Å². The average molecular weight is 485 g/mol. The fourth-order valence-corrected chi connectivity index (χ4v) is 3.71. The number of aromatic nitrogens is 3. The van der Waals surface area contributed by atoms with E-state index in [0.717, 1.165) is 6.42 Å². The number of halogens is 6. The third-order valence-electron chi connectivity index (χ3n) is 4.65. The molecule has 0 radical (unpaired) electrons. The lowest BCUT2D eigenvalue weighted by Crippen LogP contribution is -2.30. The molecule has 16 heteroatoms. The van der Waals surface area contributed by atoms with Crippen LogP contribution < -0.4 is 9.62 Å². The van der Waals surface area contributed by atoms with Gasteiger partial charge in [-0.1, -0.05) is 0 Å². The highest BCUT2D eigenvalue weighted by molar-refractivity contribution is 7.93. The van der Waals surface area contributed by atoms with Crippen LogP contribution in [-0.2, 0) is 29.2 Å². The Hall–Kier alpha value is -2.91. The Bertz CT molecular complexity index is 1140. The molecule has 0 bridgehead atoms. The first kappa shape index (κ1) is 23.7. The lowest BCUT2D eigenvalue weighted by Gasteiger charge is -2.28. The van der Waals surface area contributed by atoms with Crippen LogP contribution in [0.15, 0.2) is 22.4 Å².